The van der Waals surface area contributed by atoms with Gasteiger partial charge in [-0.25, -0.2) is 9.37 Å². The first kappa shape index (κ1) is 17.1. The van der Waals surface area contributed by atoms with Crippen LogP contribution in [0.2, 0.25) is 0 Å². The zero-order valence-electron chi connectivity index (χ0n) is 15.1. The summed E-state index contributed by atoms with van der Waals surface area (Å²) in [5, 5.41) is 3.03. The Labute approximate surface area is 165 Å². The van der Waals surface area contributed by atoms with Gasteiger partial charge in [-0.15, -0.1) is 11.3 Å². The van der Waals surface area contributed by atoms with Gasteiger partial charge in [0.1, 0.15) is 11.9 Å². The van der Waals surface area contributed by atoms with Gasteiger partial charge in [0.15, 0.2) is 0 Å². The summed E-state index contributed by atoms with van der Waals surface area (Å²) in [6.45, 7) is 0.552. The van der Waals surface area contributed by atoms with E-state index in [2.05, 4.69) is 16.0 Å². The zero-order chi connectivity index (χ0) is 19.1. The van der Waals surface area contributed by atoms with E-state index in [-0.39, 0.29) is 18.1 Å². The van der Waals surface area contributed by atoms with Crippen LogP contribution in [-0.2, 0) is 17.6 Å². The Hall–Kier alpha value is -2.99. The number of para-hydroxylation sites is 1. The maximum Gasteiger partial charge on any atom is 0.229 e. The molecular formula is C22H18FN3OS. The standard InChI is InChI=1S/C22H18FN3OS/c23-18-7-3-1-6-17(18)22-21-16(15-5-2-4-8-19(15)25-21)9-10-26(22)20(27)11-14-12-28-13-24-14/h1-8,12-13,22,25H,9-11H2. The van der Waals surface area contributed by atoms with Gasteiger partial charge in [0.05, 0.1) is 17.6 Å². The van der Waals surface area contributed by atoms with Crippen LogP contribution in [0.4, 0.5) is 4.39 Å². The number of hydrogen-bond acceptors (Lipinski definition) is 3. The second-order valence-electron chi connectivity index (χ2n) is 6.98. The van der Waals surface area contributed by atoms with Crippen LogP contribution < -0.4 is 0 Å². The number of carbonyl (C=O) groups is 1. The molecule has 2 aromatic heterocycles. The first-order valence-electron chi connectivity index (χ1n) is 9.23. The van der Waals surface area contributed by atoms with Gasteiger partial charge in [-0.2, -0.15) is 0 Å². The van der Waals surface area contributed by atoms with Crippen LogP contribution in [0.1, 0.15) is 28.6 Å². The Morgan fingerprint density at radius 3 is 2.86 bits per heavy atom. The van der Waals surface area contributed by atoms with Crippen molar-refractivity contribution in [2.75, 3.05) is 6.54 Å². The lowest BCUT2D eigenvalue weighted by Gasteiger charge is -2.36. The molecule has 2 aromatic carbocycles. The predicted molar refractivity (Wildman–Crippen MR) is 108 cm³/mol. The number of rotatable bonds is 3. The lowest BCUT2D eigenvalue weighted by atomic mass is 9.91. The summed E-state index contributed by atoms with van der Waals surface area (Å²) in [6, 6.07) is 14.3. The minimum Gasteiger partial charge on any atom is -0.356 e. The summed E-state index contributed by atoms with van der Waals surface area (Å²) in [6.07, 6.45) is 0.969. The molecule has 3 heterocycles. The average Bonchev–Trinajstić information content (AvgIpc) is 3.35. The third kappa shape index (κ3) is 2.81. The van der Waals surface area contributed by atoms with Crippen molar-refractivity contribution in [3.05, 3.63) is 87.8 Å². The maximum atomic E-state index is 14.8. The summed E-state index contributed by atoms with van der Waals surface area (Å²) in [5.74, 6) is -0.339. The van der Waals surface area contributed by atoms with Crippen molar-refractivity contribution in [2.24, 2.45) is 0 Å². The summed E-state index contributed by atoms with van der Waals surface area (Å²) >= 11 is 1.47. The number of halogens is 1. The van der Waals surface area contributed by atoms with Crippen molar-refractivity contribution in [2.45, 2.75) is 18.9 Å². The van der Waals surface area contributed by atoms with E-state index < -0.39 is 6.04 Å². The van der Waals surface area contributed by atoms with Gasteiger partial charge in [-0.1, -0.05) is 36.4 Å². The number of fused-ring (bicyclic) bond motifs is 3. The first-order valence-corrected chi connectivity index (χ1v) is 10.2. The van der Waals surface area contributed by atoms with Gasteiger partial charge in [0.2, 0.25) is 5.91 Å². The average molecular weight is 391 g/mol. The van der Waals surface area contributed by atoms with Crippen LogP contribution >= 0.6 is 11.3 Å². The number of carbonyl (C=O) groups excluding carboxylic acids is 1. The monoisotopic (exact) mass is 391 g/mol. The van der Waals surface area contributed by atoms with Crippen LogP contribution in [0.25, 0.3) is 10.9 Å². The fraction of sp³-hybridized carbons (Fsp3) is 0.182. The molecule has 0 radical (unpaired) electrons. The molecule has 1 unspecified atom stereocenters. The fourth-order valence-electron chi connectivity index (χ4n) is 4.11. The molecule has 5 rings (SSSR count). The van der Waals surface area contributed by atoms with Gasteiger partial charge in [0.25, 0.3) is 0 Å². The second-order valence-corrected chi connectivity index (χ2v) is 7.70. The Morgan fingerprint density at radius 2 is 2.04 bits per heavy atom. The molecule has 1 amide bonds. The molecule has 140 valence electrons. The van der Waals surface area contributed by atoms with Crippen LogP contribution in [0.3, 0.4) is 0 Å². The third-order valence-electron chi connectivity index (χ3n) is 5.37. The number of nitrogens with zero attached hydrogens (tertiary/aromatic N) is 2. The van der Waals surface area contributed by atoms with Crippen LogP contribution in [0, 0.1) is 5.82 Å². The molecule has 4 aromatic rings. The molecule has 0 spiro atoms. The van der Waals surface area contributed by atoms with Gasteiger partial charge < -0.3 is 9.88 Å². The molecule has 0 fully saturated rings. The Bertz CT molecular complexity index is 1150. The third-order valence-corrected chi connectivity index (χ3v) is 6.01. The SMILES string of the molecule is O=C(Cc1cscn1)N1CCc2c([nH]c3ccccc23)C1c1ccccc1F. The topological polar surface area (TPSA) is 49.0 Å². The van der Waals surface area contributed by atoms with E-state index in [0.29, 0.717) is 12.1 Å². The number of H-pyrrole nitrogens is 1. The number of amides is 1. The van der Waals surface area contributed by atoms with E-state index in [1.165, 1.54) is 23.0 Å². The quantitative estimate of drug-likeness (QED) is 0.560. The Morgan fingerprint density at radius 1 is 1.21 bits per heavy atom. The van der Waals surface area contributed by atoms with Gasteiger partial charge in [0, 0.05) is 34.1 Å². The first-order chi connectivity index (χ1) is 13.7. The molecule has 0 aliphatic carbocycles. The number of aromatic nitrogens is 2. The molecule has 28 heavy (non-hydrogen) atoms. The summed E-state index contributed by atoms with van der Waals surface area (Å²) < 4.78 is 14.8. The second kappa shape index (κ2) is 6.87. The summed E-state index contributed by atoms with van der Waals surface area (Å²) in [7, 11) is 0. The normalized spacial score (nSPS) is 16.3. The zero-order valence-corrected chi connectivity index (χ0v) is 15.9. The van der Waals surface area contributed by atoms with Crippen molar-refractivity contribution in [1.82, 2.24) is 14.9 Å². The molecule has 1 atom stereocenters. The number of aromatic amines is 1. The molecule has 6 heteroatoms. The molecule has 0 bridgehead atoms. The molecule has 4 nitrogen and oxygen atoms in total. The summed E-state index contributed by atoms with van der Waals surface area (Å²) in [5.41, 5.74) is 6.09. The highest BCUT2D eigenvalue weighted by Gasteiger charge is 2.35. The lowest BCUT2D eigenvalue weighted by molar-refractivity contribution is -0.132. The Kier molecular flexibility index (Phi) is 4.20. The number of hydrogen-bond donors (Lipinski definition) is 1. The molecule has 1 aliphatic heterocycles. The predicted octanol–water partition coefficient (Wildman–Crippen LogP) is 4.48. The van der Waals surface area contributed by atoms with E-state index in [1.54, 1.807) is 22.5 Å². The highest BCUT2D eigenvalue weighted by molar-refractivity contribution is 7.07. The van der Waals surface area contributed by atoms with E-state index in [1.807, 2.05) is 29.6 Å². The highest BCUT2D eigenvalue weighted by Crippen LogP contribution is 2.39. The number of benzene rings is 2. The molecule has 0 saturated carbocycles. The van der Waals surface area contributed by atoms with Crippen molar-refractivity contribution >= 4 is 28.1 Å². The van der Waals surface area contributed by atoms with Crippen molar-refractivity contribution < 1.29 is 9.18 Å². The summed E-state index contributed by atoms with van der Waals surface area (Å²) in [4.78, 5) is 22.6. The van der Waals surface area contributed by atoms with Gasteiger partial charge >= 0.3 is 0 Å². The van der Waals surface area contributed by atoms with Crippen LogP contribution in [0.15, 0.2) is 59.4 Å². The largest absolute Gasteiger partial charge is 0.356 e. The van der Waals surface area contributed by atoms with Crippen molar-refractivity contribution in [1.29, 1.82) is 0 Å². The minimum atomic E-state index is -0.469. The smallest absolute Gasteiger partial charge is 0.229 e. The van der Waals surface area contributed by atoms with Crippen molar-refractivity contribution in [3.8, 4) is 0 Å². The number of nitrogens with one attached hydrogen (secondary N) is 1. The fourth-order valence-corrected chi connectivity index (χ4v) is 4.67. The molecule has 0 saturated heterocycles. The molecule has 1 aliphatic rings. The van der Waals surface area contributed by atoms with E-state index in [9.17, 15) is 9.18 Å². The molecule has 1 N–H and O–H groups in total. The van der Waals surface area contributed by atoms with E-state index >= 15 is 0 Å². The number of thiazole rings is 1. The Balaban J connectivity index is 1.63. The lowest BCUT2D eigenvalue weighted by Crippen LogP contribution is -2.41. The van der Waals surface area contributed by atoms with Gasteiger partial charge in [-0.3, -0.25) is 4.79 Å². The minimum absolute atomic E-state index is 0.0385. The van der Waals surface area contributed by atoms with E-state index in [4.69, 9.17) is 0 Å². The molecular weight excluding hydrogens is 373 g/mol. The van der Waals surface area contributed by atoms with Crippen LogP contribution in [0.5, 0.6) is 0 Å². The van der Waals surface area contributed by atoms with Crippen molar-refractivity contribution in [3.63, 3.8) is 0 Å². The van der Waals surface area contributed by atoms with E-state index in [0.717, 1.165) is 28.7 Å². The van der Waals surface area contributed by atoms with Crippen LogP contribution in [-0.4, -0.2) is 27.3 Å². The maximum absolute atomic E-state index is 14.8. The highest BCUT2D eigenvalue weighted by atomic mass is 32.1. The van der Waals surface area contributed by atoms with Gasteiger partial charge in [-0.05, 0) is 24.1 Å².